The van der Waals surface area contributed by atoms with Crippen LogP contribution in [-0.2, 0) is 6.54 Å². The van der Waals surface area contributed by atoms with Crippen LogP contribution < -0.4 is 10.1 Å². The van der Waals surface area contributed by atoms with Crippen LogP contribution in [0.25, 0.3) is 0 Å². The molecular weight excluding hydrogens is 352 g/mol. The summed E-state index contributed by atoms with van der Waals surface area (Å²) >= 11 is 9.50. The molecule has 1 saturated carbocycles. The van der Waals surface area contributed by atoms with E-state index < -0.39 is 0 Å². The molecule has 110 valence electrons. The summed E-state index contributed by atoms with van der Waals surface area (Å²) in [5.41, 5.74) is 2.04. The summed E-state index contributed by atoms with van der Waals surface area (Å²) in [5, 5.41) is 4.22. The lowest BCUT2D eigenvalue weighted by Gasteiger charge is -2.12. The molecule has 1 aliphatic rings. The highest BCUT2D eigenvalue weighted by Gasteiger charge is 2.21. The highest BCUT2D eigenvalue weighted by atomic mass is 79.9. The van der Waals surface area contributed by atoms with Gasteiger partial charge in [0.1, 0.15) is 5.75 Å². The van der Waals surface area contributed by atoms with Gasteiger partial charge in [0, 0.05) is 33.8 Å². The first-order chi connectivity index (χ1) is 10.1. The van der Waals surface area contributed by atoms with Crippen LogP contribution in [0.3, 0.4) is 0 Å². The maximum atomic E-state index is 6.04. The third kappa shape index (κ3) is 3.96. The summed E-state index contributed by atoms with van der Waals surface area (Å²) in [5.74, 6) is 1.38. The van der Waals surface area contributed by atoms with E-state index in [1.807, 2.05) is 31.2 Å². The topological polar surface area (TPSA) is 34.1 Å². The second-order valence-electron chi connectivity index (χ2n) is 5.29. The number of aryl methyl sites for hydroxylation is 1. The molecular formula is C16H16BrClN2O. The lowest BCUT2D eigenvalue weighted by molar-refractivity contribution is 0.452. The average molecular weight is 368 g/mol. The van der Waals surface area contributed by atoms with Gasteiger partial charge in [-0.05, 0) is 65.5 Å². The lowest BCUT2D eigenvalue weighted by atomic mass is 10.2. The Bertz CT molecular complexity index is 659. The molecule has 21 heavy (non-hydrogen) atoms. The van der Waals surface area contributed by atoms with E-state index in [4.69, 9.17) is 16.3 Å². The first-order valence-corrected chi connectivity index (χ1v) is 8.11. The SMILES string of the molecule is Cc1cc(Oc2ncc(Br)cc2CNC2CC2)ccc1Cl. The maximum absolute atomic E-state index is 6.04. The van der Waals surface area contributed by atoms with Gasteiger partial charge < -0.3 is 10.1 Å². The Balaban J connectivity index is 1.80. The summed E-state index contributed by atoms with van der Waals surface area (Å²) < 4.78 is 6.88. The molecule has 0 unspecified atom stereocenters. The van der Waals surface area contributed by atoms with Crippen LogP contribution in [0.4, 0.5) is 0 Å². The molecule has 0 radical (unpaired) electrons. The standard InChI is InChI=1S/C16H16BrClN2O/c1-10-6-14(4-5-15(10)18)21-16-11(7-12(17)9-20-16)8-19-13-2-3-13/h4-7,9,13,19H,2-3,8H2,1H3. The van der Waals surface area contributed by atoms with Crippen molar-refractivity contribution in [2.45, 2.75) is 32.4 Å². The van der Waals surface area contributed by atoms with Crippen LogP contribution in [0, 0.1) is 6.92 Å². The number of hydrogen-bond acceptors (Lipinski definition) is 3. The molecule has 3 rings (SSSR count). The zero-order chi connectivity index (χ0) is 14.8. The smallest absolute Gasteiger partial charge is 0.223 e. The first kappa shape index (κ1) is 14.8. The molecule has 1 N–H and O–H groups in total. The first-order valence-electron chi connectivity index (χ1n) is 6.93. The fourth-order valence-electron chi connectivity index (χ4n) is 2.02. The van der Waals surface area contributed by atoms with Gasteiger partial charge in [-0.25, -0.2) is 4.98 Å². The van der Waals surface area contributed by atoms with Crippen molar-refractivity contribution in [1.82, 2.24) is 10.3 Å². The van der Waals surface area contributed by atoms with Gasteiger partial charge in [-0.2, -0.15) is 0 Å². The van der Waals surface area contributed by atoms with Gasteiger partial charge >= 0.3 is 0 Å². The van der Waals surface area contributed by atoms with E-state index in [1.54, 1.807) is 6.20 Å². The summed E-state index contributed by atoms with van der Waals surface area (Å²) in [6.07, 6.45) is 4.26. The van der Waals surface area contributed by atoms with E-state index in [9.17, 15) is 0 Å². The zero-order valence-corrected chi connectivity index (χ0v) is 14.0. The number of benzene rings is 1. The Kier molecular flexibility index (Phi) is 4.48. The van der Waals surface area contributed by atoms with E-state index in [2.05, 4.69) is 26.2 Å². The minimum Gasteiger partial charge on any atom is -0.439 e. The van der Waals surface area contributed by atoms with Gasteiger partial charge in [-0.15, -0.1) is 0 Å². The van der Waals surface area contributed by atoms with Gasteiger partial charge in [-0.1, -0.05) is 11.6 Å². The van der Waals surface area contributed by atoms with Crippen LogP contribution in [0.1, 0.15) is 24.0 Å². The third-order valence-corrected chi connectivity index (χ3v) is 4.25. The van der Waals surface area contributed by atoms with E-state index in [0.29, 0.717) is 11.9 Å². The molecule has 1 fully saturated rings. The Hall–Kier alpha value is -1.10. The highest BCUT2D eigenvalue weighted by molar-refractivity contribution is 9.10. The number of halogens is 2. The molecule has 1 heterocycles. The second kappa shape index (κ2) is 6.34. The predicted molar refractivity (Wildman–Crippen MR) is 88.1 cm³/mol. The minimum absolute atomic E-state index is 0.632. The van der Waals surface area contributed by atoms with Gasteiger partial charge in [0.2, 0.25) is 5.88 Å². The van der Waals surface area contributed by atoms with Crippen molar-refractivity contribution in [2.75, 3.05) is 0 Å². The van der Waals surface area contributed by atoms with Crippen molar-refractivity contribution in [3.05, 3.63) is 51.1 Å². The number of ether oxygens (including phenoxy) is 1. The molecule has 0 spiro atoms. The van der Waals surface area contributed by atoms with Gasteiger partial charge in [-0.3, -0.25) is 0 Å². The van der Waals surface area contributed by atoms with Gasteiger partial charge in [0.05, 0.1) is 0 Å². The molecule has 5 heteroatoms. The lowest BCUT2D eigenvalue weighted by Crippen LogP contribution is -2.16. The molecule has 0 amide bonds. The molecule has 1 aliphatic carbocycles. The summed E-state index contributed by atoms with van der Waals surface area (Å²) in [6.45, 7) is 2.72. The van der Waals surface area contributed by atoms with Crippen molar-refractivity contribution < 1.29 is 4.74 Å². The zero-order valence-electron chi connectivity index (χ0n) is 11.7. The van der Waals surface area contributed by atoms with E-state index in [0.717, 1.165) is 32.9 Å². The van der Waals surface area contributed by atoms with E-state index in [1.165, 1.54) is 12.8 Å². The molecule has 0 atom stereocenters. The molecule has 2 aromatic rings. The molecule has 0 saturated heterocycles. The molecule has 1 aromatic heterocycles. The summed E-state index contributed by atoms with van der Waals surface area (Å²) in [4.78, 5) is 4.38. The normalized spacial score (nSPS) is 14.2. The van der Waals surface area contributed by atoms with Crippen molar-refractivity contribution in [3.63, 3.8) is 0 Å². The molecule has 0 aliphatic heterocycles. The molecule has 3 nitrogen and oxygen atoms in total. The van der Waals surface area contributed by atoms with Crippen LogP contribution in [0.5, 0.6) is 11.6 Å². The van der Waals surface area contributed by atoms with Crippen LogP contribution in [-0.4, -0.2) is 11.0 Å². The summed E-state index contributed by atoms with van der Waals surface area (Å²) in [6, 6.07) is 8.31. The van der Waals surface area contributed by atoms with Crippen LogP contribution >= 0.6 is 27.5 Å². The Labute approximate surface area is 137 Å². The van der Waals surface area contributed by atoms with Crippen LogP contribution in [0.2, 0.25) is 5.02 Å². The second-order valence-corrected chi connectivity index (χ2v) is 6.61. The number of nitrogens with one attached hydrogen (secondary N) is 1. The monoisotopic (exact) mass is 366 g/mol. The number of rotatable bonds is 5. The molecule has 1 aromatic carbocycles. The Morgan fingerprint density at radius 1 is 1.38 bits per heavy atom. The Morgan fingerprint density at radius 3 is 2.90 bits per heavy atom. The molecule has 0 bridgehead atoms. The van der Waals surface area contributed by atoms with Gasteiger partial charge in [0.25, 0.3) is 0 Å². The van der Waals surface area contributed by atoms with Crippen molar-refractivity contribution in [1.29, 1.82) is 0 Å². The number of pyridine rings is 1. The van der Waals surface area contributed by atoms with Crippen molar-refractivity contribution in [3.8, 4) is 11.6 Å². The van der Waals surface area contributed by atoms with E-state index >= 15 is 0 Å². The predicted octanol–water partition coefficient (Wildman–Crippen LogP) is 4.85. The number of aromatic nitrogens is 1. The third-order valence-electron chi connectivity index (χ3n) is 3.39. The maximum Gasteiger partial charge on any atom is 0.223 e. The van der Waals surface area contributed by atoms with Gasteiger partial charge in [0.15, 0.2) is 0 Å². The highest BCUT2D eigenvalue weighted by Crippen LogP contribution is 2.29. The average Bonchev–Trinajstić information content (AvgIpc) is 3.27. The quantitative estimate of drug-likeness (QED) is 0.820. The fraction of sp³-hybridized carbons (Fsp3) is 0.312. The fourth-order valence-corrected chi connectivity index (χ4v) is 2.52. The van der Waals surface area contributed by atoms with Crippen LogP contribution in [0.15, 0.2) is 34.9 Å². The minimum atomic E-state index is 0.632. The Morgan fingerprint density at radius 2 is 2.19 bits per heavy atom. The van der Waals surface area contributed by atoms with Crippen molar-refractivity contribution >= 4 is 27.5 Å². The van der Waals surface area contributed by atoms with Crippen molar-refractivity contribution in [2.24, 2.45) is 0 Å². The van der Waals surface area contributed by atoms with E-state index in [-0.39, 0.29) is 0 Å². The summed E-state index contributed by atoms with van der Waals surface area (Å²) in [7, 11) is 0. The number of nitrogens with zero attached hydrogens (tertiary/aromatic N) is 1. The number of hydrogen-bond donors (Lipinski definition) is 1. The largest absolute Gasteiger partial charge is 0.439 e.